The van der Waals surface area contributed by atoms with E-state index in [1.807, 2.05) is 6.92 Å². The molecule has 0 amide bonds. The highest BCUT2D eigenvalue weighted by molar-refractivity contribution is 5.36. The molecule has 0 aliphatic heterocycles. The zero-order valence-electron chi connectivity index (χ0n) is 8.96. The molecule has 14 heavy (non-hydrogen) atoms. The van der Waals surface area contributed by atoms with E-state index in [9.17, 15) is 5.11 Å². The molecule has 1 aliphatic carbocycles. The zero-order chi connectivity index (χ0) is 10.1. The Morgan fingerprint density at radius 2 is 2.07 bits per heavy atom. The van der Waals surface area contributed by atoms with E-state index in [-0.39, 0.29) is 6.10 Å². The standard InChI is InChI=1S/C13H18O/c1-3-10-6-12-5-4-11(9(2)14)8-13(12)7-10/h4-5,8-10,14H,3,6-7H2,1-2H3/t9-,10+/m0/s1. The van der Waals surface area contributed by atoms with Gasteiger partial charge in [-0.1, -0.05) is 31.5 Å². The second-order valence-electron chi connectivity index (χ2n) is 4.39. The van der Waals surface area contributed by atoms with Crippen LogP contribution in [0.4, 0.5) is 0 Å². The van der Waals surface area contributed by atoms with Crippen molar-refractivity contribution in [1.29, 1.82) is 0 Å². The minimum Gasteiger partial charge on any atom is -0.389 e. The number of fused-ring (bicyclic) bond motifs is 1. The quantitative estimate of drug-likeness (QED) is 0.760. The fraction of sp³-hybridized carbons (Fsp3) is 0.538. The Hall–Kier alpha value is -0.820. The van der Waals surface area contributed by atoms with Crippen LogP contribution < -0.4 is 0 Å². The summed E-state index contributed by atoms with van der Waals surface area (Å²) in [6.07, 6.45) is 3.36. The first kappa shape index (κ1) is 9.72. The Kier molecular flexibility index (Phi) is 2.60. The summed E-state index contributed by atoms with van der Waals surface area (Å²) in [6, 6.07) is 6.42. The van der Waals surface area contributed by atoms with Gasteiger partial charge in [0.1, 0.15) is 0 Å². The van der Waals surface area contributed by atoms with Crippen LogP contribution in [-0.2, 0) is 12.8 Å². The summed E-state index contributed by atoms with van der Waals surface area (Å²) in [7, 11) is 0. The highest BCUT2D eigenvalue weighted by Gasteiger charge is 2.20. The van der Waals surface area contributed by atoms with Crippen LogP contribution in [0.1, 0.15) is 43.1 Å². The summed E-state index contributed by atoms with van der Waals surface area (Å²) >= 11 is 0. The molecule has 0 radical (unpaired) electrons. The molecule has 2 rings (SSSR count). The van der Waals surface area contributed by atoms with Crippen LogP contribution in [-0.4, -0.2) is 5.11 Å². The highest BCUT2D eigenvalue weighted by atomic mass is 16.3. The van der Waals surface area contributed by atoms with Gasteiger partial charge in [-0.15, -0.1) is 0 Å². The Balaban J connectivity index is 2.26. The van der Waals surface area contributed by atoms with Gasteiger partial charge >= 0.3 is 0 Å². The van der Waals surface area contributed by atoms with Crippen molar-refractivity contribution in [3.63, 3.8) is 0 Å². The summed E-state index contributed by atoms with van der Waals surface area (Å²) in [5, 5.41) is 9.48. The monoisotopic (exact) mass is 190 g/mol. The number of hydrogen-bond donors (Lipinski definition) is 1. The molecule has 1 aromatic rings. The largest absolute Gasteiger partial charge is 0.389 e. The Morgan fingerprint density at radius 3 is 2.71 bits per heavy atom. The molecular weight excluding hydrogens is 172 g/mol. The highest BCUT2D eigenvalue weighted by Crippen LogP contribution is 2.30. The normalized spacial score (nSPS) is 22.1. The van der Waals surface area contributed by atoms with Gasteiger partial charge < -0.3 is 5.11 Å². The second kappa shape index (κ2) is 3.74. The predicted octanol–water partition coefficient (Wildman–Crippen LogP) is 2.86. The number of rotatable bonds is 2. The van der Waals surface area contributed by atoms with E-state index in [1.165, 1.54) is 30.4 Å². The molecule has 2 atom stereocenters. The third-order valence-electron chi connectivity index (χ3n) is 3.31. The summed E-state index contributed by atoms with van der Waals surface area (Å²) in [4.78, 5) is 0. The third-order valence-corrected chi connectivity index (χ3v) is 3.31. The molecule has 0 saturated heterocycles. The minimum absolute atomic E-state index is 0.332. The van der Waals surface area contributed by atoms with Gasteiger partial charge in [0.15, 0.2) is 0 Å². The van der Waals surface area contributed by atoms with Gasteiger partial charge in [0.2, 0.25) is 0 Å². The van der Waals surface area contributed by atoms with Crippen LogP contribution >= 0.6 is 0 Å². The average molecular weight is 190 g/mol. The first-order valence-corrected chi connectivity index (χ1v) is 5.50. The molecule has 0 bridgehead atoms. The van der Waals surface area contributed by atoms with Crippen molar-refractivity contribution in [1.82, 2.24) is 0 Å². The summed E-state index contributed by atoms with van der Waals surface area (Å²) < 4.78 is 0. The van der Waals surface area contributed by atoms with Crippen molar-refractivity contribution >= 4 is 0 Å². The van der Waals surface area contributed by atoms with Gasteiger partial charge in [0.05, 0.1) is 6.10 Å². The Bertz CT molecular complexity index is 328. The smallest absolute Gasteiger partial charge is 0.0762 e. The minimum atomic E-state index is -0.332. The van der Waals surface area contributed by atoms with E-state index in [2.05, 4.69) is 25.1 Å². The SMILES string of the molecule is CC[C@@H]1Cc2ccc([C@H](C)O)cc2C1. The van der Waals surface area contributed by atoms with Crippen molar-refractivity contribution in [2.24, 2.45) is 5.92 Å². The van der Waals surface area contributed by atoms with Crippen molar-refractivity contribution in [3.8, 4) is 0 Å². The molecule has 1 aromatic carbocycles. The molecule has 0 spiro atoms. The number of aliphatic hydroxyl groups excluding tert-OH is 1. The molecule has 1 heteroatoms. The van der Waals surface area contributed by atoms with Crippen LogP contribution in [0.5, 0.6) is 0 Å². The molecule has 0 aromatic heterocycles. The maximum Gasteiger partial charge on any atom is 0.0762 e. The maximum absolute atomic E-state index is 9.48. The fourth-order valence-electron chi connectivity index (χ4n) is 2.28. The third kappa shape index (κ3) is 1.69. The van der Waals surface area contributed by atoms with E-state index >= 15 is 0 Å². The predicted molar refractivity (Wildman–Crippen MR) is 58.3 cm³/mol. The lowest BCUT2D eigenvalue weighted by molar-refractivity contribution is 0.199. The molecular formula is C13H18O. The van der Waals surface area contributed by atoms with Gasteiger partial charge in [-0.2, -0.15) is 0 Å². The van der Waals surface area contributed by atoms with Crippen LogP contribution in [0, 0.1) is 5.92 Å². The fourth-order valence-corrected chi connectivity index (χ4v) is 2.28. The summed E-state index contributed by atoms with van der Waals surface area (Å²) in [5.41, 5.74) is 4.00. The summed E-state index contributed by atoms with van der Waals surface area (Å²) in [6.45, 7) is 4.08. The molecule has 1 aliphatic rings. The maximum atomic E-state index is 9.48. The lowest BCUT2D eigenvalue weighted by atomic mass is 10.0. The van der Waals surface area contributed by atoms with Crippen molar-refractivity contribution in [3.05, 3.63) is 34.9 Å². The zero-order valence-corrected chi connectivity index (χ0v) is 8.96. The molecule has 0 unspecified atom stereocenters. The van der Waals surface area contributed by atoms with Crippen LogP contribution in [0.2, 0.25) is 0 Å². The van der Waals surface area contributed by atoms with E-state index in [0.29, 0.717) is 0 Å². The van der Waals surface area contributed by atoms with Crippen molar-refractivity contribution in [2.75, 3.05) is 0 Å². The summed E-state index contributed by atoms with van der Waals surface area (Å²) in [5.74, 6) is 0.828. The Labute approximate surface area is 85.8 Å². The molecule has 0 fully saturated rings. The lowest BCUT2D eigenvalue weighted by Gasteiger charge is -2.06. The number of hydrogen-bond acceptors (Lipinski definition) is 1. The van der Waals surface area contributed by atoms with E-state index in [4.69, 9.17) is 0 Å². The van der Waals surface area contributed by atoms with Crippen LogP contribution in [0.25, 0.3) is 0 Å². The average Bonchev–Trinajstić information content (AvgIpc) is 2.58. The Morgan fingerprint density at radius 1 is 1.36 bits per heavy atom. The number of aliphatic hydroxyl groups is 1. The van der Waals surface area contributed by atoms with Gasteiger partial charge in [-0.3, -0.25) is 0 Å². The van der Waals surface area contributed by atoms with Crippen molar-refractivity contribution < 1.29 is 5.11 Å². The van der Waals surface area contributed by atoms with Crippen LogP contribution in [0.15, 0.2) is 18.2 Å². The first-order valence-electron chi connectivity index (χ1n) is 5.50. The van der Waals surface area contributed by atoms with Crippen LogP contribution in [0.3, 0.4) is 0 Å². The van der Waals surface area contributed by atoms with E-state index in [0.717, 1.165) is 11.5 Å². The molecule has 0 heterocycles. The van der Waals surface area contributed by atoms with Gasteiger partial charge in [-0.05, 0) is 42.4 Å². The van der Waals surface area contributed by atoms with E-state index < -0.39 is 0 Å². The first-order chi connectivity index (χ1) is 6.70. The van der Waals surface area contributed by atoms with Crippen molar-refractivity contribution in [2.45, 2.75) is 39.2 Å². The number of benzene rings is 1. The second-order valence-corrected chi connectivity index (χ2v) is 4.39. The van der Waals surface area contributed by atoms with Gasteiger partial charge in [-0.25, -0.2) is 0 Å². The molecule has 1 N–H and O–H groups in total. The van der Waals surface area contributed by atoms with E-state index in [1.54, 1.807) is 0 Å². The molecule has 76 valence electrons. The lowest BCUT2D eigenvalue weighted by Crippen LogP contribution is -1.95. The molecule has 0 saturated carbocycles. The topological polar surface area (TPSA) is 20.2 Å². The van der Waals surface area contributed by atoms with Gasteiger partial charge in [0.25, 0.3) is 0 Å². The van der Waals surface area contributed by atoms with Gasteiger partial charge in [0, 0.05) is 0 Å². The molecule has 1 nitrogen and oxygen atoms in total.